The maximum Gasteiger partial charge on any atom is 0.410 e. The topological polar surface area (TPSA) is 68.2 Å². The molecule has 1 unspecified atom stereocenters. The fraction of sp³-hybridized carbons (Fsp3) is 0.750. The fourth-order valence-corrected chi connectivity index (χ4v) is 2.02. The van der Waals surface area contributed by atoms with Gasteiger partial charge in [-0.2, -0.15) is 0 Å². The highest BCUT2D eigenvalue weighted by molar-refractivity contribution is 6.05. The third kappa shape index (κ3) is 2.80. The molecule has 0 aliphatic carbocycles. The zero-order valence-electron chi connectivity index (χ0n) is 10.9. The van der Waals surface area contributed by atoms with Crippen LogP contribution in [0, 0.1) is 5.92 Å². The standard InChI is InChI=1S/C12H18N2O4/c1-12(2,3)17-11(16)14-6-4-5-9-8(7-14)10(15)18-13-9/h8H,4-7H2,1-3H3. The Hall–Kier alpha value is -1.59. The van der Waals surface area contributed by atoms with Gasteiger partial charge in [-0.3, -0.25) is 0 Å². The molecule has 6 heteroatoms. The van der Waals surface area contributed by atoms with E-state index in [2.05, 4.69) is 9.99 Å². The van der Waals surface area contributed by atoms with E-state index in [0.717, 1.165) is 12.1 Å². The summed E-state index contributed by atoms with van der Waals surface area (Å²) < 4.78 is 5.31. The Morgan fingerprint density at radius 3 is 2.89 bits per heavy atom. The molecule has 0 N–H and O–H groups in total. The monoisotopic (exact) mass is 254 g/mol. The Balaban J connectivity index is 2.04. The Labute approximate surface area is 106 Å². The van der Waals surface area contributed by atoms with Gasteiger partial charge in [-0.25, -0.2) is 9.59 Å². The number of hydrogen-bond donors (Lipinski definition) is 0. The van der Waals surface area contributed by atoms with Crippen molar-refractivity contribution in [2.75, 3.05) is 13.1 Å². The van der Waals surface area contributed by atoms with E-state index < -0.39 is 11.5 Å². The average Bonchev–Trinajstić information content (AvgIpc) is 2.49. The molecule has 0 spiro atoms. The van der Waals surface area contributed by atoms with Crippen molar-refractivity contribution in [3.8, 4) is 0 Å². The number of hydrogen-bond acceptors (Lipinski definition) is 5. The molecule has 100 valence electrons. The van der Waals surface area contributed by atoms with E-state index >= 15 is 0 Å². The van der Waals surface area contributed by atoms with Crippen molar-refractivity contribution in [1.29, 1.82) is 0 Å². The first-order chi connectivity index (χ1) is 8.37. The lowest BCUT2D eigenvalue weighted by molar-refractivity contribution is -0.143. The molecule has 0 aromatic rings. The van der Waals surface area contributed by atoms with Gasteiger partial charge in [0.2, 0.25) is 0 Å². The van der Waals surface area contributed by atoms with Crippen LogP contribution in [0.1, 0.15) is 33.6 Å². The van der Waals surface area contributed by atoms with E-state index in [-0.39, 0.29) is 12.1 Å². The van der Waals surface area contributed by atoms with E-state index in [1.807, 2.05) is 20.8 Å². The molecule has 18 heavy (non-hydrogen) atoms. The van der Waals surface area contributed by atoms with Crippen molar-refractivity contribution in [2.24, 2.45) is 11.1 Å². The molecule has 1 amide bonds. The highest BCUT2D eigenvalue weighted by atomic mass is 16.7. The van der Waals surface area contributed by atoms with Crippen LogP contribution in [-0.2, 0) is 14.4 Å². The summed E-state index contributed by atoms with van der Waals surface area (Å²) in [7, 11) is 0. The lowest BCUT2D eigenvalue weighted by atomic mass is 10.0. The second kappa shape index (κ2) is 4.59. The zero-order chi connectivity index (χ0) is 13.3. The summed E-state index contributed by atoms with van der Waals surface area (Å²) in [5.41, 5.74) is 0.210. The van der Waals surface area contributed by atoms with E-state index in [1.54, 1.807) is 4.90 Å². The molecule has 2 rings (SSSR count). The molecule has 2 heterocycles. The molecular formula is C12H18N2O4. The number of carbonyl (C=O) groups is 2. The van der Waals surface area contributed by atoms with Gasteiger partial charge in [0.05, 0.1) is 5.71 Å². The highest BCUT2D eigenvalue weighted by Gasteiger charge is 2.38. The maximum atomic E-state index is 12.0. The van der Waals surface area contributed by atoms with Gasteiger partial charge in [0.25, 0.3) is 0 Å². The minimum absolute atomic E-state index is 0.298. The van der Waals surface area contributed by atoms with Crippen LogP contribution >= 0.6 is 0 Å². The molecular weight excluding hydrogens is 236 g/mol. The summed E-state index contributed by atoms with van der Waals surface area (Å²) in [6.45, 7) is 6.34. The third-order valence-corrected chi connectivity index (χ3v) is 2.86. The number of fused-ring (bicyclic) bond motifs is 1. The number of carbonyl (C=O) groups excluding carboxylic acids is 2. The molecule has 0 aromatic carbocycles. The van der Waals surface area contributed by atoms with Gasteiger partial charge in [-0.15, -0.1) is 0 Å². The van der Waals surface area contributed by atoms with Crippen molar-refractivity contribution in [3.63, 3.8) is 0 Å². The molecule has 0 bridgehead atoms. The molecule has 0 saturated carbocycles. The van der Waals surface area contributed by atoms with E-state index in [1.165, 1.54) is 0 Å². The number of amides is 1. The van der Waals surface area contributed by atoms with Crippen LogP contribution in [0.4, 0.5) is 4.79 Å². The average molecular weight is 254 g/mol. The van der Waals surface area contributed by atoms with E-state index in [4.69, 9.17) is 4.74 Å². The van der Waals surface area contributed by atoms with Crippen molar-refractivity contribution >= 4 is 17.8 Å². The van der Waals surface area contributed by atoms with Gasteiger partial charge in [-0.05, 0) is 33.6 Å². The van der Waals surface area contributed by atoms with Crippen LogP contribution in [0.2, 0.25) is 0 Å². The number of likely N-dealkylation sites (tertiary alicyclic amines) is 1. The van der Waals surface area contributed by atoms with Crippen molar-refractivity contribution in [1.82, 2.24) is 4.90 Å². The van der Waals surface area contributed by atoms with E-state index in [9.17, 15) is 9.59 Å². The van der Waals surface area contributed by atoms with Crippen LogP contribution in [0.15, 0.2) is 5.16 Å². The molecule has 1 fully saturated rings. The lowest BCUT2D eigenvalue weighted by Gasteiger charge is -2.27. The first-order valence-corrected chi connectivity index (χ1v) is 6.12. The van der Waals surface area contributed by atoms with Crippen LogP contribution in [0.3, 0.4) is 0 Å². The summed E-state index contributed by atoms with van der Waals surface area (Å²) in [6.07, 6.45) is 1.07. The van der Waals surface area contributed by atoms with Crippen LogP contribution in [0.25, 0.3) is 0 Å². The predicted molar refractivity (Wildman–Crippen MR) is 64.1 cm³/mol. The number of ether oxygens (including phenoxy) is 1. The summed E-state index contributed by atoms with van der Waals surface area (Å²) in [5, 5.41) is 3.76. The number of nitrogens with zero attached hydrogens (tertiary/aromatic N) is 2. The Bertz CT molecular complexity index is 397. The van der Waals surface area contributed by atoms with Gasteiger partial charge in [-0.1, -0.05) is 5.16 Å². The van der Waals surface area contributed by atoms with Crippen LogP contribution in [0.5, 0.6) is 0 Å². The normalized spacial score (nSPS) is 23.9. The molecule has 1 saturated heterocycles. The minimum Gasteiger partial charge on any atom is -0.444 e. The Morgan fingerprint density at radius 2 is 2.22 bits per heavy atom. The van der Waals surface area contributed by atoms with E-state index in [0.29, 0.717) is 19.5 Å². The minimum atomic E-state index is -0.531. The highest BCUT2D eigenvalue weighted by Crippen LogP contribution is 2.22. The van der Waals surface area contributed by atoms with Crippen LogP contribution < -0.4 is 0 Å². The third-order valence-electron chi connectivity index (χ3n) is 2.86. The predicted octanol–water partition coefficient (Wildman–Crippen LogP) is 1.55. The molecule has 1 atom stereocenters. The fourth-order valence-electron chi connectivity index (χ4n) is 2.02. The largest absolute Gasteiger partial charge is 0.444 e. The smallest absolute Gasteiger partial charge is 0.410 e. The molecule has 0 aromatic heterocycles. The quantitative estimate of drug-likeness (QED) is 0.615. The molecule has 2 aliphatic heterocycles. The first kappa shape index (κ1) is 12.9. The lowest BCUT2D eigenvalue weighted by Crippen LogP contribution is -2.40. The Kier molecular flexibility index (Phi) is 3.28. The van der Waals surface area contributed by atoms with Crippen molar-refractivity contribution in [3.05, 3.63) is 0 Å². The summed E-state index contributed by atoms with van der Waals surface area (Å²) in [5.74, 6) is -0.791. The maximum absolute atomic E-state index is 12.0. The first-order valence-electron chi connectivity index (χ1n) is 6.12. The molecule has 0 radical (unpaired) electrons. The van der Waals surface area contributed by atoms with Crippen LogP contribution in [-0.4, -0.2) is 41.4 Å². The summed E-state index contributed by atoms with van der Waals surface area (Å²) in [6, 6.07) is 0. The van der Waals surface area contributed by atoms with Gasteiger partial charge in [0.1, 0.15) is 11.5 Å². The molecule has 2 aliphatic rings. The second-order valence-corrected chi connectivity index (χ2v) is 5.58. The summed E-state index contributed by atoms with van der Waals surface area (Å²) >= 11 is 0. The van der Waals surface area contributed by atoms with Crippen molar-refractivity contribution < 1.29 is 19.2 Å². The number of rotatable bonds is 0. The molecule has 6 nitrogen and oxygen atoms in total. The van der Waals surface area contributed by atoms with Gasteiger partial charge >= 0.3 is 12.1 Å². The summed E-state index contributed by atoms with van der Waals surface area (Å²) in [4.78, 5) is 29.7. The van der Waals surface area contributed by atoms with Gasteiger partial charge < -0.3 is 14.5 Å². The second-order valence-electron chi connectivity index (χ2n) is 5.58. The van der Waals surface area contributed by atoms with Gasteiger partial charge in [0, 0.05) is 13.1 Å². The number of oxime groups is 1. The van der Waals surface area contributed by atoms with Crippen molar-refractivity contribution in [2.45, 2.75) is 39.2 Å². The van der Waals surface area contributed by atoms with Gasteiger partial charge in [0.15, 0.2) is 0 Å². The Morgan fingerprint density at radius 1 is 1.50 bits per heavy atom. The SMILES string of the molecule is CC(C)(C)OC(=O)N1CCCC2=NOC(=O)C2C1. The zero-order valence-corrected chi connectivity index (χ0v) is 10.9.